The molecule has 0 atom stereocenters. The van der Waals surface area contributed by atoms with E-state index in [9.17, 15) is 0 Å². The Balaban J connectivity index is 1.94. The van der Waals surface area contributed by atoms with Gasteiger partial charge in [-0.3, -0.25) is 4.98 Å². The lowest BCUT2D eigenvalue weighted by Crippen LogP contribution is -2.24. The van der Waals surface area contributed by atoms with Crippen molar-refractivity contribution in [3.05, 3.63) is 60.3 Å². The number of pyridine rings is 1. The van der Waals surface area contributed by atoms with E-state index in [1.54, 1.807) is 0 Å². The minimum Gasteiger partial charge on any atom is -0.397 e. The molecular formula is C18H17N3. The van der Waals surface area contributed by atoms with Gasteiger partial charge in [-0.05, 0) is 36.6 Å². The zero-order chi connectivity index (χ0) is 14.2. The second-order valence-corrected chi connectivity index (χ2v) is 5.46. The van der Waals surface area contributed by atoms with Crippen LogP contribution in [0.15, 0.2) is 54.7 Å². The molecule has 0 aliphatic carbocycles. The minimum absolute atomic E-state index is 0.736. The van der Waals surface area contributed by atoms with E-state index in [-0.39, 0.29) is 0 Å². The Morgan fingerprint density at radius 2 is 1.86 bits per heavy atom. The standard InChI is InChI=1S/C18H17N3/c19-15-8-3-7-14-17(10-11-20-18(14)15)21-12-4-6-13-5-1-2-9-16(13)21/h1-3,5,7-11H,4,6,12,19H2. The van der Waals surface area contributed by atoms with Gasteiger partial charge in [-0.15, -0.1) is 0 Å². The molecule has 0 saturated heterocycles. The molecule has 0 bridgehead atoms. The van der Waals surface area contributed by atoms with Gasteiger partial charge in [-0.25, -0.2) is 0 Å². The van der Waals surface area contributed by atoms with E-state index in [4.69, 9.17) is 5.73 Å². The molecule has 4 rings (SSSR count). The fourth-order valence-corrected chi connectivity index (χ4v) is 3.20. The molecule has 0 radical (unpaired) electrons. The van der Waals surface area contributed by atoms with Crippen LogP contribution in [-0.2, 0) is 6.42 Å². The Bertz CT molecular complexity index is 810. The maximum Gasteiger partial charge on any atom is 0.0952 e. The number of nitrogens with two attached hydrogens (primary N) is 1. The van der Waals surface area contributed by atoms with E-state index in [1.807, 2.05) is 18.3 Å². The van der Waals surface area contributed by atoms with Gasteiger partial charge in [0.25, 0.3) is 0 Å². The van der Waals surface area contributed by atoms with E-state index in [1.165, 1.54) is 23.4 Å². The van der Waals surface area contributed by atoms with Crippen LogP contribution in [0.3, 0.4) is 0 Å². The molecule has 1 aromatic heterocycles. The number of rotatable bonds is 1. The van der Waals surface area contributed by atoms with Crippen LogP contribution in [-0.4, -0.2) is 11.5 Å². The lowest BCUT2D eigenvalue weighted by Gasteiger charge is -2.32. The fourth-order valence-electron chi connectivity index (χ4n) is 3.20. The second-order valence-electron chi connectivity index (χ2n) is 5.46. The Morgan fingerprint density at radius 3 is 2.81 bits per heavy atom. The maximum absolute atomic E-state index is 6.07. The lowest BCUT2D eigenvalue weighted by molar-refractivity contribution is 0.768. The SMILES string of the molecule is Nc1cccc2c(N3CCCc4ccccc43)ccnc12. The summed E-state index contributed by atoms with van der Waals surface area (Å²) in [4.78, 5) is 6.83. The van der Waals surface area contributed by atoms with Crippen LogP contribution in [0.1, 0.15) is 12.0 Å². The molecule has 1 aliphatic rings. The van der Waals surface area contributed by atoms with Crippen LogP contribution in [0.2, 0.25) is 0 Å². The number of anilines is 3. The molecule has 0 fully saturated rings. The molecule has 3 aromatic rings. The lowest BCUT2D eigenvalue weighted by atomic mass is 10.0. The van der Waals surface area contributed by atoms with Crippen LogP contribution < -0.4 is 10.6 Å². The summed E-state index contributed by atoms with van der Waals surface area (Å²) < 4.78 is 0. The van der Waals surface area contributed by atoms with Crippen LogP contribution in [0.4, 0.5) is 17.1 Å². The Morgan fingerprint density at radius 1 is 0.952 bits per heavy atom. The monoisotopic (exact) mass is 275 g/mol. The van der Waals surface area contributed by atoms with Crippen molar-refractivity contribution in [1.29, 1.82) is 0 Å². The summed E-state index contributed by atoms with van der Waals surface area (Å²) in [6.45, 7) is 1.03. The number of nitrogens with zero attached hydrogens (tertiary/aromatic N) is 2. The molecule has 0 spiro atoms. The van der Waals surface area contributed by atoms with Gasteiger partial charge in [-0.2, -0.15) is 0 Å². The number of benzene rings is 2. The van der Waals surface area contributed by atoms with Gasteiger partial charge in [0, 0.05) is 23.8 Å². The predicted octanol–water partition coefficient (Wildman–Crippen LogP) is 3.90. The van der Waals surface area contributed by atoms with E-state index in [0.29, 0.717) is 0 Å². The average Bonchev–Trinajstić information content (AvgIpc) is 2.54. The first-order chi connectivity index (χ1) is 10.3. The Kier molecular flexibility index (Phi) is 2.78. The van der Waals surface area contributed by atoms with E-state index < -0.39 is 0 Å². The van der Waals surface area contributed by atoms with Gasteiger partial charge in [0.15, 0.2) is 0 Å². The normalized spacial score (nSPS) is 14.2. The quantitative estimate of drug-likeness (QED) is 0.685. The molecule has 0 unspecified atom stereocenters. The summed E-state index contributed by atoms with van der Waals surface area (Å²) in [6.07, 6.45) is 4.17. The van der Waals surface area contributed by atoms with Crippen molar-refractivity contribution in [3.63, 3.8) is 0 Å². The maximum atomic E-state index is 6.07. The Hall–Kier alpha value is -2.55. The van der Waals surface area contributed by atoms with E-state index in [2.05, 4.69) is 46.3 Å². The molecule has 2 N–H and O–H groups in total. The largest absolute Gasteiger partial charge is 0.397 e. The van der Waals surface area contributed by atoms with Crippen molar-refractivity contribution in [2.75, 3.05) is 17.2 Å². The van der Waals surface area contributed by atoms with Crippen LogP contribution in [0.5, 0.6) is 0 Å². The number of hydrogen-bond acceptors (Lipinski definition) is 3. The third-order valence-electron chi connectivity index (χ3n) is 4.18. The summed E-state index contributed by atoms with van der Waals surface area (Å²) in [5, 5.41) is 1.12. The molecule has 1 aliphatic heterocycles. The van der Waals surface area contributed by atoms with Gasteiger partial charge in [0.1, 0.15) is 0 Å². The minimum atomic E-state index is 0.736. The van der Waals surface area contributed by atoms with Gasteiger partial charge >= 0.3 is 0 Å². The smallest absolute Gasteiger partial charge is 0.0952 e. The summed E-state index contributed by atoms with van der Waals surface area (Å²) in [5.74, 6) is 0. The van der Waals surface area contributed by atoms with Crippen molar-refractivity contribution in [2.45, 2.75) is 12.8 Å². The highest BCUT2D eigenvalue weighted by Gasteiger charge is 2.19. The summed E-state index contributed by atoms with van der Waals surface area (Å²) in [7, 11) is 0. The first-order valence-corrected chi connectivity index (χ1v) is 7.33. The first-order valence-electron chi connectivity index (χ1n) is 7.33. The molecule has 104 valence electrons. The van der Waals surface area contributed by atoms with Gasteiger partial charge < -0.3 is 10.6 Å². The number of hydrogen-bond donors (Lipinski definition) is 1. The number of aryl methyl sites for hydroxylation is 1. The molecule has 0 amide bonds. The summed E-state index contributed by atoms with van der Waals surface area (Å²) >= 11 is 0. The van der Waals surface area contributed by atoms with Crippen molar-refractivity contribution >= 4 is 28.0 Å². The highest BCUT2D eigenvalue weighted by molar-refractivity contribution is 5.99. The van der Waals surface area contributed by atoms with Crippen molar-refractivity contribution < 1.29 is 0 Å². The molecule has 3 heteroatoms. The molecule has 0 saturated carbocycles. The number of nitrogen functional groups attached to an aromatic ring is 1. The van der Waals surface area contributed by atoms with Gasteiger partial charge in [0.2, 0.25) is 0 Å². The molecule has 21 heavy (non-hydrogen) atoms. The highest BCUT2D eigenvalue weighted by atomic mass is 15.1. The third kappa shape index (κ3) is 1.93. The van der Waals surface area contributed by atoms with Crippen LogP contribution >= 0.6 is 0 Å². The fraction of sp³-hybridized carbons (Fsp3) is 0.167. The Labute approximate surface area is 124 Å². The van der Waals surface area contributed by atoms with E-state index in [0.717, 1.165) is 29.6 Å². The number of aromatic nitrogens is 1. The van der Waals surface area contributed by atoms with Crippen molar-refractivity contribution in [2.24, 2.45) is 0 Å². The number of fused-ring (bicyclic) bond motifs is 2. The van der Waals surface area contributed by atoms with Crippen molar-refractivity contribution in [1.82, 2.24) is 4.98 Å². The van der Waals surface area contributed by atoms with E-state index >= 15 is 0 Å². The summed E-state index contributed by atoms with van der Waals surface area (Å²) in [6, 6.07) is 16.7. The topological polar surface area (TPSA) is 42.1 Å². The van der Waals surface area contributed by atoms with Crippen LogP contribution in [0, 0.1) is 0 Å². The molecule has 3 nitrogen and oxygen atoms in total. The molecule has 2 heterocycles. The first kappa shape index (κ1) is 12.2. The highest BCUT2D eigenvalue weighted by Crippen LogP contribution is 2.37. The van der Waals surface area contributed by atoms with Crippen LogP contribution in [0.25, 0.3) is 10.9 Å². The molecular weight excluding hydrogens is 258 g/mol. The van der Waals surface area contributed by atoms with Crippen molar-refractivity contribution in [3.8, 4) is 0 Å². The van der Waals surface area contributed by atoms with Gasteiger partial charge in [-0.1, -0.05) is 30.3 Å². The average molecular weight is 275 g/mol. The third-order valence-corrected chi connectivity index (χ3v) is 4.18. The predicted molar refractivity (Wildman–Crippen MR) is 87.9 cm³/mol. The zero-order valence-corrected chi connectivity index (χ0v) is 11.8. The molecule has 2 aromatic carbocycles. The zero-order valence-electron chi connectivity index (χ0n) is 11.8. The summed E-state index contributed by atoms with van der Waals surface area (Å²) in [5.41, 5.74) is 11.6. The number of para-hydroxylation sites is 2. The van der Waals surface area contributed by atoms with Gasteiger partial charge in [0.05, 0.1) is 16.9 Å². The second kappa shape index (κ2) is 4.77.